The molecular formula is C15H24O5. The first-order valence-corrected chi connectivity index (χ1v) is 7.15. The van der Waals surface area contributed by atoms with E-state index < -0.39 is 11.9 Å². The molecule has 20 heavy (non-hydrogen) atoms. The maximum Gasteiger partial charge on any atom is 0.337 e. The van der Waals surface area contributed by atoms with Gasteiger partial charge in [-0.25, -0.2) is 4.79 Å². The SMILES string of the molecule is CC(=O)O/C(CCCCC(C)C)=C1\C(=O)OC[C@@H]1CO. The van der Waals surface area contributed by atoms with Gasteiger partial charge in [-0.05, 0) is 12.3 Å². The zero-order valence-electron chi connectivity index (χ0n) is 12.5. The minimum atomic E-state index is -0.482. The number of hydrogen-bond donors (Lipinski definition) is 1. The maximum atomic E-state index is 11.7. The lowest BCUT2D eigenvalue weighted by Crippen LogP contribution is -2.14. The lowest BCUT2D eigenvalue weighted by Gasteiger charge is -2.12. The molecule has 1 saturated heterocycles. The molecule has 0 unspecified atom stereocenters. The molecule has 1 atom stereocenters. The molecule has 0 aromatic rings. The van der Waals surface area contributed by atoms with Crippen LogP contribution in [0, 0.1) is 11.8 Å². The average molecular weight is 284 g/mol. The second-order valence-electron chi connectivity index (χ2n) is 5.55. The predicted molar refractivity (Wildman–Crippen MR) is 73.6 cm³/mol. The Morgan fingerprint density at radius 1 is 1.45 bits per heavy atom. The summed E-state index contributed by atoms with van der Waals surface area (Å²) in [5, 5.41) is 9.27. The van der Waals surface area contributed by atoms with Crippen LogP contribution in [0.25, 0.3) is 0 Å². The van der Waals surface area contributed by atoms with Crippen LogP contribution in [0.1, 0.15) is 46.5 Å². The Bertz CT molecular complexity index is 384. The molecule has 1 heterocycles. The topological polar surface area (TPSA) is 72.8 Å². The summed E-state index contributed by atoms with van der Waals surface area (Å²) in [5.41, 5.74) is 0.326. The van der Waals surface area contributed by atoms with Crippen molar-refractivity contribution in [3.63, 3.8) is 0 Å². The summed E-state index contributed by atoms with van der Waals surface area (Å²) in [4.78, 5) is 22.9. The lowest BCUT2D eigenvalue weighted by atomic mass is 9.98. The van der Waals surface area contributed by atoms with E-state index in [2.05, 4.69) is 13.8 Å². The number of carbonyl (C=O) groups excluding carboxylic acids is 2. The zero-order chi connectivity index (χ0) is 15.1. The highest BCUT2D eigenvalue weighted by molar-refractivity contribution is 5.92. The molecule has 0 bridgehead atoms. The number of rotatable bonds is 7. The third-order valence-electron chi connectivity index (χ3n) is 3.27. The Morgan fingerprint density at radius 3 is 2.70 bits per heavy atom. The normalized spacial score (nSPS) is 21.1. The molecule has 0 saturated carbocycles. The molecule has 1 aliphatic rings. The average Bonchev–Trinajstić information content (AvgIpc) is 2.73. The second kappa shape index (κ2) is 8.04. The quantitative estimate of drug-likeness (QED) is 0.336. The molecule has 0 radical (unpaired) electrons. The number of allylic oxidation sites excluding steroid dienone is 1. The summed E-state index contributed by atoms with van der Waals surface area (Å²) in [6.07, 6.45) is 3.47. The van der Waals surface area contributed by atoms with Gasteiger partial charge in [0.05, 0.1) is 18.1 Å². The molecule has 0 aromatic carbocycles. The first-order valence-electron chi connectivity index (χ1n) is 7.15. The fraction of sp³-hybridized carbons (Fsp3) is 0.733. The van der Waals surface area contributed by atoms with E-state index in [9.17, 15) is 14.7 Å². The number of ether oxygens (including phenoxy) is 2. The van der Waals surface area contributed by atoms with Crippen molar-refractivity contribution in [1.82, 2.24) is 0 Å². The van der Waals surface area contributed by atoms with Crippen molar-refractivity contribution < 1.29 is 24.2 Å². The Labute approximate surface area is 119 Å². The minimum absolute atomic E-state index is 0.154. The Kier molecular flexibility index (Phi) is 6.71. The number of hydrogen-bond acceptors (Lipinski definition) is 5. The first kappa shape index (κ1) is 16.7. The molecule has 0 amide bonds. The van der Waals surface area contributed by atoms with E-state index in [0.29, 0.717) is 23.7 Å². The van der Waals surface area contributed by atoms with Crippen LogP contribution in [0.3, 0.4) is 0 Å². The Morgan fingerprint density at radius 2 is 2.15 bits per heavy atom. The molecule has 1 fully saturated rings. The molecule has 5 heteroatoms. The van der Waals surface area contributed by atoms with Gasteiger partial charge in [-0.15, -0.1) is 0 Å². The van der Waals surface area contributed by atoms with Gasteiger partial charge in [0.25, 0.3) is 0 Å². The summed E-state index contributed by atoms with van der Waals surface area (Å²) in [7, 11) is 0. The van der Waals surface area contributed by atoms with Crippen LogP contribution >= 0.6 is 0 Å². The maximum absolute atomic E-state index is 11.7. The van der Waals surface area contributed by atoms with Crippen LogP contribution in [0.5, 0.6) is 0 Å². The van der Waals surface area contributed by atoms with Crippen molar-refractivity contribution >= 4 is 11.9 Å². The molecule has 0 aromatic heterocycles. The zero-order valence-corrected chi connectivity index (χ0v) is 12.5. The number of cyclic esters (lactones) is 1. The summed E-state index contributed by atoms with van der Waals surface area (Å²) in [6.45, 7) is 5.59. The smallest absolute Gasteiger partial charge is 0.337 e. The van der Waals surface area contributed by atoms with Crippen molar-refractivity contribution in [2.75, 3.05) is 13.2 Å². The second-order valence-corrected chi connectivity index (χ2v) is 5.55. The van der Waals surface area contributed by atoms with Gasteiger partial charge in [-0.3, -0.25) is 4.79 Å². The van der Waals surface area contributed by atoms with Crippen LogP contribution < -0.4 is 0 Å². The molecule has 1 aliphatic heterocycles. The van der Waals surface area contributed by atoms with Crippen molar-refractivity contribution in [1.29, 1.82) is 0 Å². The lowest BCUT2D eigenvalue weighted by molar-refractivity contribution is -0.137. The molecule has 0 spiro atoms. The van der Waals surface area contributed by atoms with Gasteiger partial charge in [0.1, 0.15) is 12.4 Å². The van der Waals surface area contributed by atoms with E-state index in [1.165, 1.54) is 6.92 Å². The van der Waals surface area contributed by atoms with Crippen molar-refractivity contribution in [3.05, 3.63) is 11.3 Å². The van der Waals surface area contributed by atoms with Gasteiger partial charge in [-0.1, -0.05) is 26.7 Å². The Balaban J connectivity index is 2.76. The van der Waals surface area contributed by atoms with Crippen LogP contribution in [-0.2, 0) is 19.1 Å². The highest BCUT2D eigenvalue weighted by Crippen LogP contribution is 2.28. The Hall–Kier alpha value is -1.36. The standard InChI is InChI=1S/C15H24O5/c1-10(2)6-4-5-7-13(20-11(3)17)14-12(8-16)9-19-15(14)18/h10,12,16H,4-9H2,1-3H3/b14-13-/t12-/m0/s1. The summed E-state index contributed by atoms with van der Waals surface area (Å²) >= 11 is 0. The van der Waals surface area contributed by atoms with Gasteiger partial charge in [-0.2, -0.15) is 0 Å². The number of unbranched alkanes of at least 4 members (excludes halogenated alkanes) is 1. The van der Waals surface area contributed by atoms with Crippen LogP contribution in [0.4, 0.5) is 0 Å². The van der Waals surface area contributed by atoms with Gasteiger partial charge in [0.15, 0.2) is 0 Å². The molecule has 1 N–H and O–H groups in total. The van der Waals surface area contributed by atoms with E-state index in [4.69, 9.17) is 9.47 Å². The van der Waals surface area contributed by atoms with Crippen LogP contribution in [0.2, 0.25) is 0 Å². The van der Waals surface area contributed by atoms with Crippen LogP contribution in [-0.4, -0.2) is 30.3 Å². The van der Waals surface area contributed by atoms with Gasteiger partial charge in [0, 0.05) is 13.3 Å². The minimum Gasteiger partial charge on any atom is -0.461 e. The monoisotopic (exact) mass is 284 g/mol. The van der Waals surface area contributed by atoms with Crippen molar-refractivity contribution in [2.45, 2.75) is 46.5 Å². The van der Waals surface area contributed by atoms with E-state index in [1.54, 1.807) is 0 Å². The molecule has 5 nitrogen and oxygen atoms in total. The van der Waals surface area contributed by atoms with Crippen molar-refractivity contribution in [2.24, 2.45) is 11.8 Å². The van der Waals surface area contributed by atoms with Crippen LogP contribution in [0.15, 0.2) is 11.3 Å². The summed E-state index contributed by atoms with van der Waals surface area (Å²) in [5.74, 6) is -0.330. The highest BCUT2D eigenvalue weighted by atomic mass is 16.6. The molecule has 1 rings (SSSR count). The number of aliphatic hydroxyl groups excluding tert-OH is 1. The predicted octanol–water partition coefficient (Wildman–Crippen LogP) is 2.19. The molecule has 0 aliphatic carbocycles. The van der Waals surface area contributed by atoms with Gasteiger partial charge >= 0.3 is 11.9 Å². The number of carbonyl (C=O) groups is 2. The summed E-state index contributed by atoms with van der Waals surface area (Å²) in [6, 6.07) is 0. The molecular weight excluding hydrogens is 260 g/mol. The van der Waals surface area contributed by atoms with E-state index in [1.807, 2.05) is 0 Å². The van der Waals surface area contributed by atoms with Gasteiger partial charge < -0.3 is 14.6 Å². The van der Waals surface area contributed by atoms with Gasteiger partial charge in [0.2, 0.25) is 0 Å². The fourth-order valence-electron chi connectivity index (χ4n) is 2.24. The number of aliphatic hydroxyl groups is 1. The van der Waals surface area contributed by atoms with E-state index >= 15 is 0 Å². The number of esters is 2. The van der Waals surface area contributed by atoms with E-state index in [-0.39, 0.29) is 19.1 Å². The van der Waals surface area contributed by atoms with E-state index in [0.717, 1.165) is 19.3 Å². The molecule has 114 valence electrons. The third-order valence-corrected chi connectivity index (χ3v) is 3.27. The highest BCUT2D eigenvalue weighted by Gasteiger charge is 2.34. The first-order chi connectivity index (χ1) is 9.45. The van der Waals surface area contributed by atoms with Crippen molar-refractivity contribution in [3.8, 4) is 0 Å². The fourth-order valence-corrected chi connectivity index (χ4v) is 2.24. The third kappa shape index (κ3) is 4.96. The summed E-state index contributed by atoms with van der Waals surface area (Å²) < 4.78 is 10.1. The largest absolute Gasteiger partial charge is 0.461 e.